The average Bonchev–Trinajstić information content (AvgIpc) is 3.37. The first-order valence-electron chi connectivity index (χ1n) is 9.29. The molecular formula is C20H16F3N5O2S. The number of amides is 1. The number of H-pyrrole nitrogens is 1. The van der Waals surface area contributed by atoms with E-state index in [2.05, 4.69) is 32.4 Å². The van der Waals surface area contributed by atoms with Crippen molar-refractivity contribution in [3.8, 4) is 11.5 Å². The van der Waals surface area contributed by atoms with E-state index in [0.717, 1.165) is 23.9 Å². The van der Waals surface area contributed by atoms with Gasteiger partial charge in [0.05, 0.1) is 11.6 Å². The first kappa shape index (κ1) is 20.8. The Balaban J connectivity index is 1.49. The minimum Gasteiger partial charge on any atom is -0.456 e. The van der Waals surface area contributed by atoms with Crippen molar-refractivity contribution in [1.82, 2.24) is 20.2 Å². The van der Waals surface area contributed by atoms with E-state index in [4.69, 9.17) is 4.74 Å². The summed E-state index contributed by atoms with van der Waals surface area (Å²) in [6, 6.07) is 7.97. The number of hydrogen-bond acceptors (Lipinski definition) is 6. The summed E-state index contributed by atoms with van der Waals surface area (Å²) < 4.78 is 44.0. The fourth-order valence-electron chi connectivity index (χ4n) is 2.93. The number of aromatic amines is 1. The highest BCUT2D eigenvalue weighted by molar-refractivity contribution is 7.15. The number of fused-ring (bicyclic) bond motifs is 1. The number of anilines is 1. The maximum atomic E-state index is 12.7. The average molecular weight is 447 g/mol. The molecule has 0 unspecified atom stereocenters. The Morgan fingerprint density at radius 1 is 1.19 bits per heavy atom. The predicted octanol–water partition coefficient (Wildman–Crippen LogP) is 5.43. The van der Waals surface area contributed by atoms with Crippen LogP contribution in [0.1, 0.15) is 34.3 Å². The van der Waals surface area contributed by atoms with Crippen LogP contribution in [0.15, 0.2) is 42.7 Å². The number of halogens is 3. The van der Waals surface area contributed by atoms with Crippen LogP contribution in [0.5, 0.6) is 11.5 Å². The fourth-order valence-corrected chi connectivity index (χ4v) is 3.61. The van der Waals surface area contributed by atoms with Crippen LogP contribution in [-0.2, 0) is 12.6 Å². The van der Waals surface area contributed by atoms with E-state index >= 15 is 0 Å². The molecule has 0 atom stereocenters. The number of hydrogen-bond donors (Lipinski definition) is 2. The highest BCUT2D eigenvalue weighted by Gasteiger charge is 2.33. The van der Waals surface area contributed by atoms with Gasteiger partial charge >= 0.3 is 6.18 Å². The number of alkyl halides is 3. The number of ether oxygens (including phenoxy) is 1. The largest absolute Gasteiger partial charge is 0.456 e. The molecule has 0 aliphatic carbocycles. The van der Waals surface area contributed by atoms with Crippen molar-refractivity contribution in [3.05, 3.63) is 58.9 Å². The number of rotatable bonds is 6. The monoisotopic (exact) mass is 447 g/mol. The number of aryl methyl sites for hydroxylation is 1. The predicted molar refractivity (Wildman–Crippen MR) is 109 cm³/mol. The van der Waals surface area contributed by atoms with Crippen molar-refractivity contribution >= 4 is 33.4 Å². The Bertz CT molecular complexity index is 1220. The number of carbonyl (C=O) groups is 1. The van der Waals surface area contributed by atoms with Crippen molar-refractivity contribution in [2.45, 2.75) is 25.9 Å². The Kier molecular flexibility index (Phi) is 5.59. The van der Waals surface area contributed by atoms with E-state index in [9.17, 15) is 18.0 Å². The third kappa shape index (κ3) is 4.50. The molecule has 31 heavy (non-hydrogen) atoms. The molecule has 0 spiro atoms. The second-order valence-corrected chi connectivity index (χ2v) is 7.60. The molecule has 2 N–H and O–H groups in total. The van der Waals surface area contributed by atoms with Gasteiger partial charge in [-0.3, -0.25) is 15.2 Å². The molecule has 11 heteroatoms. The summed E-state index contributed by atoms with van der Waals surface area (Å²) in [6.45, 7) is 2.06. The first-order chi connectivity index (χ1) is 14.8. The molecule has 1 amide bonds. The fraction of sp³-hybridized carbons (Fsp3) is 0.200. The third-order valence-corrected chi connectivity index (χ3v) is 5.30. The minimum absolute atomic E-state index is 0.125. The van der Waals surface area contributed by atoms with Crippen LogP contribution in [0.3, 0.4) is 0 Å². The van der Waals surface area contributed by atoms with Gasteiger partial charge in [0, 0.05) is 17.5 Å². The molecule has 7 nitrogen and oxygen atoms in total. The number of thiazole rings is 1. The van der Waals surface area contributed by atoms with E-state index in [-0.39, 0.29) is 10.7 Å². The standard InChI is InChI=1S/C20H16F3N5O2S/c1-2-3-13-16-14(8-9-24-17(16)28-27-13)30-12-6-4-11(5-7-12)18(29)26-19-25-10-15(31-19)20(21,22)23/h4-10H,2-3H2,1H3,(H,24,27,28)(H,25,26,29). The normalized spacial score (nSPS) is 11.6. The van der Waals surface area contributed by atoms with Gasteiger partial charge in [-0.25, -0.2) is 9.97 Å². The van der Waals surface area contributed by atoms with Crippen LogP contribution < -0.4 is 10.1 Å². The van der Waals surface area contributed by atoms with Crippen LogP contribution in [0.4, 0.5) is 18.3 Å². The number of pyridine rings is 1. The Labute approximate surface area is 178 Å². The summed E-state index contributed by atoms with van der Waals surface area (Å²) in [5.41, 5.74) is 1.74. The summed E-state index contributed by atoms with van der Waals surface area (Å²) in [5.74, 6) is 0.504. The lowest BCUT2D eigenvalue weighted by Gasteiger charge is -2.08. The van der Waals surface area contributed by atoms with Gasteiger partial charge in [0.1, 0.15) is 16.4 Å². The highest BCUT2D eigenvalue weighted by atomic mass is 32.1. The molecule has 0 bridgehead atoms. The van der Waals surface area contributed by atoms with Gasteiger partial charge in [0.25, 0.3) is 5.91 Å². The molecular weight excluding hydrogens is 431 g/mol. The van der Waals surface area contributed by atoms with Crippen molar-refractivity contribution in [1.29, 1.82) is 0 Å². The molecule has 0 aliphatic heterocycles. The number of aromatic nitrogens is 4. The molecule has 1 aromatic carbocycles. The van der Waals surface area contributed by atoms with E-state index in [1.54, 1.807) is 24.4 Å². The van der Waals surface area contributed by atoms with Crippen LogP contribution >= 0.6 is 11.3 Å². The summed E-state index contributed by atoms with van der Waals surface area (Å²) in [7, 11) is 0. The van der Waals surface area contributed by atoms with Crippen molar-refractivity contribution in [3.63, 3.8) is 0 Å². The van der Waals surface area contributed by atoms with Crippen LogP contribution in [0.25, 0.3) is 11.0 Å². The third-order valence-electron chi connectivity index (χ3n) is 4.34. The summed E-state index contributed by atoms with van der Waals surface area (Å²) >= 11 is 0.367. The van der Waals surface area contributed by atoms with Crippen LogP contribution in [-0.4, -0.2) is 26.1 Å². The minimum atomic E-state index is -4.50. The van der Waals surface area contributed by atoms with E-state index in [1.807, 2.05) is 0 Å². The summed E-state index contributed by atoms with van der Waals surface area (Å²) in [6.07, 6.45) is -0.484. The molecule has 4 aromatic rings. The molecule has 3 aromatic heterocycles. The second kappa shape index (κ2) is 8.34. The van der Waals surface area contributed by atoms with Crippen LogP contribution in [0.2, 0.25) is 0 Å². The number of nitrogens with zero attached hydrogens (tertiary/aromatic N) is 3. The van der Waals surface area contributed by atoms with Gasteiger partial charge in [-0.05, 0) is 36.8 Å². The molecule has 0 saturated heterocycles. The van der Waals surface area contributed by atoms with Crippen molar-refractivity contribution in [2.24, 2.45) is 0 Å². The number of benzene rings is 1. The lowest BCUT2D eigenvalue weighted by atomic mass is 10.1. The molecule has 0 aliphatic rings. The zero-order chi connectivity index (χ0) is 22.0. The van der Waals surface area contributed by atoms with Gasteiger partial charge in [0.2, 0.25) is 0 Å². The van der Waals surface area contributed by atoms with Crippen molar-refractivity contribution < 1.29 is 22.7 Å². The van der Waals surface area contributed by atoms with Gasteiger partial charge < -0.3 is 4.74 Å². The first-order valence-corrected chi connectivity index (χ1v) is 10.1. The van der Waals surface area contributed by atoms with E-state index < -0.39 is 17.0 Å². The lowest BCUT2D eigenvalue weighted by Crippen LogP contribution is -2.11. The van der Waals surface area contributed by atoms with Gasteiger partial charge in [-0.15, -0.1) is 0 Å². The topological polar surface area (TPSA) is 92.8 Å². The lowest BCUT2D eigenvalue weighted by molar-refractivity contribution is -0.134. The number of carbonyl (C=O) groups excluding carboxylic acids is 1. The SMILES string of the molecule is CCCc1[nH]nc2nccc(Oc3ccc(C(=O)Nc4ncc(C(F)(F)F)s4)cc3)c12. The molecule has 0 fully saturated rings. The molecule has 160 valence electrons. The van der Waals surface area contributed by atoms with E-state index in [0.29, 0.717) is 34.7 Å². The second-order valence-electron chi connectivity index (χ2n) is 6.57. The summed E-state index contributed by atoms with van der Waals surface area (Å²) in [4.78, 5) is 19.3. The molecule has 0 radical (unpaired) electrons. The number of nitrogens with one attached hydrogen (secondary N) is 2. The maximum Gasteiger partial charge on any atom is 0.427 e. The molecule has 3 heterocycles. The quantitative estimate of drug-likeness (QED) is 0.411. The van der Waals surface area contributed by atoms with E-state index in [1.165, 1.54) is 12.1 Å². The maximum absolute atomic E-state index is 12.7. The van der Waals surface area contributed by atoms with Gasteiger partial charge in [-0.2, -0.15) is 18.3 Å². The zero-order valence-electron chi connectivity index (χ0n) is 16.2. The van der Waals surface area contributed by atoms with Gasteiger partial charge in [-0.1, -0.05) is 24.7 Å². The van der Waals surface area contributed by atoms with Gasteiger partial charge in [0.15, 0.2) is 10.8 Å². The smallest absolute Gasteiger partial charge is 0.427 e. The van der Waals surface area contributed by atoms with Crippen LogP contribution in [0, 0.1) is 0 Å². The summed E-state index contributed by atoms with van der Waals surface area (Å²) in [5, 5.41) is 10.2. The Morgan fingerprint density at radius 2 is 1.97 bits per heavy atom. The highest BCUT2D eigenvalue weighted by Crippen LogP contribution is 2.35. The molecule has 0 saturated carbocycles. The zero-order valence-corrected chi connectivity index (χ0v) is 17.0. The Morgan fingerprint density at radius 3 is 2.65 bits per heavy atom. The van der Waals surface area contributed by atoms with Crippen molar-refractivity contribution in [2.75, 3.05) is 5.32 Å². The Hall–Kier alpha value is -3.47. The molecule has 4 rings (SSSR count).